The molecule has 0 aromatic heterocycles. The second-order valence-corrected chi connectivity index (χ2v) is 7.87. The average molecular weight is 419 g/mol. The fourth-order valence-corrected chi connectivity index (χ4v) is 3.68. The Kier molecular flexibility index (Phi) is 5.99. The maximum Gasteiger partial charge on any atom is 0.309 e. The molecule has 3 rings (SSSR count). The third kappa shape index (κ3) is 4.65. The number of alkyl halides is 1. The number of rotatable bonds is 6. The van der Waals surface area contributed by atoms with Gasteiger partial charge in [0, 0.05) is 0 Å². The second-order valence-electron chi connectivity index (χ2n) is 6.88. The van der Waals surface area contributed by atoms with Crippen LogP contribution >= 0.6 is 15.9 Å². The number of halogens is 1. The minimum atomic E-state index is -1.09. The molecule has 3 atom stereocenters. The topological polar surface area (TPSA) is 55.8 Å². The van der Waals surface area contributed by atoms with E-state index in [2.05, 4.69) is 15.9 Å². The van der Waals surface area contributed by atoms with Crippen LogP contribution in [0.25, 0.3) is 0 Å². The summed E-state index contributed by atoms with van der Waals surface area (Å²) in [6.07, 6.45) is 0.953. The Morgan fingerprint density at radius 2 is 1.88 bits per heavy atom. The largest absolute Gasteiger partial charge is 0.489 e. The van der Waals surface area contributed by atoms with Crippen molar-refractivity contribution in [2.45, 2.75) is 49.3 Å². The molecule has 1 saturated heterocycles. The number of ether oxygens (including phenoxy) is 2. The number of benzene rings is 2. The van der Waals surface area contributed by atoms with Gasteiger partial charge < -0.3 is 14.6 Å². The van der Waals surface area contributed by atoms with Gasteiger partial charge in [0.05, 0.1) is 16.8 Å². The molecule has 5 heteroatoms. The summed E-state index contributed by atoms with van der Waals surface area (Å²) in [4.78, 5) is 11.5. The molecule has 0 spiro atoms. The number of aryl methyl sites for hydroxylation is 1. The van der Waals surface area contributed by atoms with Crippen molar-refractivity contribution in [3.63, 3.8) is 0 Å². The zero-order valence-corrected chi connectivity index (χ0v) is 16.3. The highest BCUT2D eigenvalue weighted by atomic mass is 79.9. The molecule has 138 valence electrons. The monoisotopic (exact) mass is 418 g/mol. The van der Waals surface area contributed by atoms with Gasteiger partial charge in [-0.1, -0.05) is 64.5 Å². The van der Waals surface area contributed by atoms with Crippen LogP contribution in [-0.4, -0.2) is 27.6 Å². The van der Waals surface area contributed by atoms with Crippen LogP contribution in [0.5, 0.6) is 5.75 Å². The van der Waals surface area contributed by atoms with Crippen molar-refractivity contribution in [2.75, 3.05) is 0 Å². The first-order valence-electron chi connectivity index (χ1n) is 8.76. The first-order chi connectivity index (χ1) is 12.5. The highest BCUT2D eigenvalue weighted by molar-refractivity contribution is 9.09. The van der Waals surface area contributed by atoms with E-state index in [-0.39, 0.29) is 23.3 Å². The van der Waals surface area contributed by atoms with Gasteiger partial charge in [0.1, 0.15) is 18.5 Å². The molecule has 0 saturated carbocycles. The normalized spacial score (nSPS) is 25.6. The summed E-state index contributed by atoms with van der Waals surface area (Å²) in [6, 6.07) is 17.9. The molecule has 1 aliphatic heterocycles. The lowest BCUT2D eigenvalue weighted by molar-refractivity contribution is -0.166. The first kappa shape index (κ1) is 18.9. The Hall–Kier alpha value is -1.85. The average Bonchev–Trinajstić information content (AvgIpc) is 2.63. The first-order valence-corrected chi connectivity index (χ1v) is 9.68. The molecule has 0 radical (unpaired) electrons. The predicted octanol–water partition coefficient (Wildman–Crippen LogP) is 4.03. The van der Waals surface area contributed by atoms with E-state index in [1.54, 1.807) is 6.92 Å². The Labute approximate surface area is 162 Å². The van der Waals surface area contributed by atoms with Crippen molar-refractivity contribution < 1.29 is 19.4 Å². The standard InChI is InChI=1S/C21H23BrO4/c1-21(24)13-19(23)26-18(20(21)22)12-11-16-9-5-6-10-17(16)25-14-15-7-3-2-4-8-15/h2-10,18,20,24H,11-14H2,1H3. The van der Waals surface area contributed by atoms with Crippen molar-refractivity contribution >= 4 is 21.9 Å². The fraction of sp³-hybridized carbons (Fsp3) is 0.381. The summed E-state index contributed by atoms with van der Waals surface area (Å²) in [7, 11) is 0. The van der Waals surface area contributed by atoms with E-state index in [1.165, 1.54) is 0 Å². The van der Waals surface area contributed by atoms with E-state index >= 15 is 0 Å². The number of hydrogen-bond donors (Lipinski definition) is 1. The fourth-order valence-electron chi connectivity index (χ4n) is 3.15. The van der Waals surface area contributed by atoms with Gasteiger partial charge in [-0.15, -0.1) is 0 Å². The zero-order valence-electron chi connectivity index (χ0n) is 14.7. The van der Waals surface area contributed by atoms with Gasteiger partial charge in [-0.05, 0) is 37.0 Å². The number of para-hydroxylation sites is 1. The van der Waals surface area contributed by atoms with Gasteiger partial charge in [-0.3, -0.25) is 4.79 Å². The van der Waals surface area contributed by atoms with Crippen LogP contribution in [0.2, 0.25) is 0 Å². The number of cyclic esters (lactones) is 1. The molecule has 0 bridgehead atoms. The van der Waals surface area contributed by atoms with E-state index < -0.39 is 5.60 Å². The van der Waals surface area contributed by atoms with E-state index in [9.17, 15) is 9.90 Å². The molecule has 2 aromatic carbocycles. The summed E-state index contributed by atoms with van der Waals surface area (Å²) < 4.78 is 11.4. The smallest absolute Gasteiger partial charge is 0.309 e. The maximum atomic E-state index is 11.7. The van der Waals surface area contributed by atoms with Crippen LogP contribution < -0.4 is 4.74 Å². The predicted molar refractivity (Wildman–Crippen MR) is 103 cm³/mol. The molecule has 1 aliphatic rings. The van der Waals surface area contributed by atoms with Gasteiger partial charge in [0.15, 0.2) is 0 Å². The second kappa shape index (κ2) is 8.23. The maximum absolute atomic E-state index is 11.7. The minimum absolute atomic E-state index is 0.0101. The number of aliphatic hydroxyl groups is 1. The van der Waals surface area contributed by atoms with E-state index in [4.69, 9.17) is 9.47 Å². The van der Waals surface area contributed by atoms with E-state index in [0.717, 1.165) is 16.9 Å². The van der Waals surface area contributed by atoms with Gasteiger partial charge in [-0.25, -0.2) is 0 Å². The van der Waals surface area contributed by atoms with Gasteiger partial charge in [-0.2, -0.15) is 0 Å². The summed E-state index contributed by atoms with van der Waals surface area (Å²) in [5, 5.41) is 10.4. The van der Waals surface area contributed by atoms with Crippen LogP contribution in [0.3, 0.4) is 0 Å². The highest BCUT2D eigenvalue weighted by Crippen LogP contribution is 2.34. The zero-order chi connectivity index (χ0) is 18.6. The van der Waals surface area contributed by atoms with E-state index in [0.29, 0.717) is 19.4 Å². The Morgan fingerprint density at radius 3 is 2.65 bits per heavy atom. The number of hydrogen-bond acceptors (Lipinski definition) is 4. The van der Waals surface area contributed by atoms with E-state index in [1.807, 2.05) is 54.6 Å². The molecule has 4 nitrogen and oxygen atoms in total. The van der Waals surface area contributed by atoms with Crippen molar-refractivity contribution in [3.8, 4) is 5.75 Å². The van der Waals surface area contributed by atoms with Gasteiger partial charge >= 0.3 is 5.97 Å². The summed E-state index contributed by atoms with van der Waals surface area (Å²) >= 11 is 3.50. The van der Waals surface area contributed by atoms with Crippen LogP contribution in [0.1, 0.15) is 30.9 Å². The van der Waals surface area contributed by atoms with Crippen molar-refractivity contribution in [1.29, 1.82) is 0 Å². The van der Waals surface area contributed by atoms with Crippen molar-refractivity contribution in [1.82, 2.24) is 0 Å². The van der Waals surface area contributed by atoms with Crippen molar-refractivity contribution in [3.05, 3.63) is 65.7 Å². The van der Waals surface area contributed by atoms with Crippen LogP contribution in [0.4, 0.5) is 0 Å². The molecule has 1 N–H and O–H groups in total. The van der Waals surface area contributed by atoms with Gasteiger partial charge in [0.2, 0.25) is 0 Å². The Bertz CT molecular complexity index is 745. The number of carbonyl (C=O) groups excluding carboxylic acids is 1. The molecule has 3 unspecified atom stereocenters. The lowest BCUT2D eigenvalue weighted by atomic mass is 9.89. The van der Waals surface area contributed by atoms with Crippen LogP contribution in [0, 0.1) is 0 Å². The highest BCUT2D eigenvalue weighted by Gasteiger charge is 2.44. The SMILES string of the molecule is CC1(O)CC(=O)OC(CCc2ccccc2OCc2ccccc2)C1Br. The van der Waals surface area contributed by atoms with Gasteiger partial charge in [0.25, 0.3) is 0 Å². The minimum Gasteiger partial charge on any atom is -0.489 e. The third-order valence-corrected chi connectivity index (χ3v) is 6.19. The number of carbonyl (C=O) groups is 1. The lowest BCUT2D eigenvalue weighted by Crippen LogP contribution is -2.51. The summed E-state index contributed by atoms with van der Waals surface area (Å²) in [6.45, 7) is 2.17. The van der Waals surface area contributed by atoms with Crippen LogP contribution in [0.15, 0.2) is 54.6 Å². The lowest BCUT2D eigenvalue weighted by Gasteiger charge is -2.38. The molecular weight excluding hydrogens is 396 g/mol. The van der Waals surface area contributed by atoms with Crippen LogP contribution in [-0.2, 0) is 22.6 Å². The molecule has 0 aliphatic carbocycles. The van der Waals surface area contributed by atoms with Crippen molar-refractivity contribution in [2.24, 2.45) is 0 Å². The number of esters is 1. The molecule has 2 aromatic rings. The molecule has 1 fully saturated rings. The summed E-state index contributed by atoms with van der Waals surface area (Å²) in [5.41, 5.74) is 1.08. The molecule has 1 heterocycles. The third-order valence-electron chi connectivity index (χ3n) is 4.61. The quantitative estimate of drug-likeness (QED) is 0.568. The molecule has 26 heavy (non-hydrogen) atoms. The Morgan fingerprint density at radius 1 is 1.19 bits per heavy atom. The molecular formula is C21H23BrO4. The Balaban J connectivity index is 1.64. The summed E-state index contributed by atoms with van der Waals surface area (Å²) in [5.74, 6) is 0.473. The molecule has 0 amide bonds.